The lowest BCUT2D eigenvalue weighted by molar-refractivity contribution is -0.384. The van der Waals surface area contributed by atoms with Crippen molar-refractivity contribution in [2.24, 2.45) is 0 Å². The lowest BCUT2D eigenvalue weighted by Crippen LogP contribution is -2.25. The van der Waals surface area contributed by atoms with E-state index >= 15 is 0 Å². The Balaban J connectivity index is 3.16. The molecule has 0 atom stereocenters. The number of nitrogens with one attached hydrogen (secondary N) is 1. The Kier molecular flexibility index (Phi) is 4.00. The molecule has 92 valence electrons. The number of rotatable bonds is 4. The summed E-state index contributed by atoms with van der Waals surface area (Å²) in [5, 5.41) is 14.5. The van der Waals surface area contributed by atoms with Gasteiger partial charge in [-0.25, -0.2) is 5.06 Å². The normalized spacial score (nSPS) is 9.82. The molecule has 0 unspecified atom stereocenters. The zero-order valence-corrected chi connectivity index (χ0v) is 9.76. The van der Waals surface area contributed by atoms with Gasteiger partial charge in [0, 0.05) is 25.7 Å². The van der Waals surface area contributed by atoms with Gasteiger partial charge in [0.15, 0.2) is 0 Å². The molecule has 0 saturated carbocycles. The predicted octanol–water partition coefficient (Wildman–Crippen LogP) is 1.27. The van der Waals surface area contributed by atoms with Crippen LogP contribution in [-0.4, -0.2) is 37.1 Å². The monoisotopic (exact) mass is 239 g/mol. The average molecular weight is 239 g/mol. The molecule has 0 aromatic heterocycles. The first-order valence-electron chi connectivity index (χ1n) is 4.79. The Bertz CT molecular complexity index is 447. The first-order chi connectivity index (χ1) is 8.01. The van der Waals surface area contributed by atoms with Gasteiger partial charge in [-0.3, -0.25) is 19.7 Å². The van der Waals surface area contributed by atoms with Crippen LogP contribution in [-0.2, 0) is 4.84 Å². The van der Waals surface area contributed by atoms with Crippen LogP contribution in [0.4, 0.5) is 11.4 Å². The predicted molar refractivity (Wildman–Crippen MR) is 61.7 cm³/mol. The van der Waals surface area contributed by atoms with Crippen molar-refractivity contribution >= 4 is 17.3 Å². The molecule has 0 heterocycles. The number of nitrogens with zero attached hydrogens (tertiary/aromatic N) is 2. The minimum absolute atomic E-state index is 0.150. The molecule has 0 spiro atoms. The maximum atomic E-state index is 11.7. The zero-order valence-electron chi connectivity index (χ0n) is 9.76. The summed E-state index contributed by atoms with van der Waals surface area (Å²) >= 11 is 0. The topological polar surface area (TPSA) is 84.7 Å². The van der Waals surface area contributed by atoms with Crippen molar-refractivity contribution < 1.29 is 14.6 Å². The number of hydroxylamine groups is 2. The molecule has 1 aromatic carbocycles. The fourth-order valence-corrected chi connectivity index (χ4v) is 1.29. The second-order valence-corrected chi connectivity index (χ2v) is 3.22. The molecule has 0 aliphatic heterocycles. The lowest BCUT2D eigenvalue weighted by Gasteiger charge is -2.13. The maximum absolute atomic E-state index is 11.7. The summed E-state index contributed by atoms with van der Waals surface area (Å²) in [5.41, 5.74) is 0.398. The highest BCUT2D eigenvalue weighted by molar-refractivity contribution is 5.94. The molecular weight excluding hydrogens is 226 g/mol. The summed E-state index contributed by atoms with van der Waals surface area (Å²) < 4.78 is 0. The fraction of sp³-hybridized carbons (Fsp3) is 0.300. The van der Waals surface area contributed by atoms with Gasteiger partial charge in [0.1, 0.15) is 5.69 Å². The van der Waals surface area contributed by atoms with Gasteiger partial charge in [0.05, 0.1) is 12.0 Å². The Morgan fingerprint density at radius 2 is 2.18 bits per heavy atom. The molecule has 0 radical (unpaired) electrons. The Morgan fingerprint density at radius 1 is 1.53 bits per heavy atom. The molecule has 1 rings (SSSR count). The van der Waals surface area contributed by atoms with Crippen molar-refractivity contribution in [2.75, 3.05) is 26.5 Å². The number of nitro benzene ring substituents is 1. The quantitative estimate of drug-likeness (QED) is 0.631. The van der Waals surface area contributed by atoms with Gasteiger partial charge in [-0.1, -0.05) is 0 Å². The fourth-order valence-electron chi connectivity index (χ4n) is 1.29. The van der Waals surface area contributed by atoms with E-state index in [9.17, 15) is 14.9 Å². The molecule has 0 fully saturated rings. The summed E-state index contributed by atoms with van der Waals surface area (Å²) in [7, 11) is 4.35. The molecule has 0 saturated heterocycles. The third-order valence-corrected chi connectivity index (χ3v) is 2.27. The van der Waals surface area contributed by atoms with Crippen molar-refractivity contribution in [2.45, 2.75) is 0 Å². The number of nitro groups is 1. The van der Waals surface area contributed by atoms with E-state index in [1.165, 1.54) is 32.4 Å². The SMILES string of the molecule is CNc1ccc(C(=O)N(C)OC)cc1[N+](=O)[O-]. The van der Waals surface area contributed by atoms with Crippen LogP contribution in [0, 0.1) is 10.1 Å². The van der Waals surface area contributed by atoms with E-state index in [2.05, 4.69) is 5.32 Å². The molecule has 7 heteroatoms. The molecule has 1 aromatic rings. The molecule has 7 nitrogen and oxygen atoms in total. The van der Waals surface area contributed by atoms with Crippen LogP contribution >= 0.6 is 0 Å². The molecule has 0 aliphatic rings. The highest BCUT2D eigenvalue weighted by Gasteiger charge is 2.18. The Morgan fingerprint density at radius 3 is 2.65 bits per heavy atom. The number of benzene rings is 1. The minimum Gasteiger partial charge on any atom is -0.383 e. The molecule has 0 aliphatic carbocycles. The van der Waals surface area contributed by atoms with Crippen LogP contribution in [0.5, 0.6) is 0 Å². The van der Waals surface area contributed by atoms with Crippen LogP contribution in [0.15, 0.2) is 18.2 Å². The summed E-state index contributed by atoms with van der Waals surface area (Å²) in [6, 6.07) is 4.19. The summed E-state index contributed by atoms with van der Waals surface area (Å²) in [5.74, 6) is -0.446. The van der Waals surface area contributed by atoms with Crippen molar-refractivity contribution in [3.8, 4) is 0 Å². The molecule has 1 N–H and O–H groups in total. The smallest absolute Gasteiger partial charge is 0.293 e. The van der Waals surface area contributed by atoms with Crippen LogP contribution in [0.1, 0.15) is 10.4 Å². The van der Waals surface area contributed by atoms with E-state index in [4.69, 9.17) is 4.84 Å². The number of carbonyl (C=O) groups is 1. The summed E-state index contributed by atoms with van der Waals surface area (Å²) in [6.45, 7) is 0. The van der Waals surface area contributed by atoms with Crippen molar-refractivity contribution in [3.63, 3.8) is 0 Å². The highest BCUT2D eigenvalue weighted by Crippen LogP contribution is 2.25. The van der Waals surface area contributed by atoms with Gasteiger partial charge >= 0.3 is 0 Å². The second kappa shape index (κ2) is 5.26. The number of amides is 1. The van der Waals surface area contributed by atoms with Crippen molar-refractivity contribution in [3.05, 3.63) is 33.9 Å². The summed E-state index contributed by atoms with van der Waals surface area (Å²) in [4.78, 5) is 26.7. The van der Waals surface area contributed by atoms with Gasteiger partial charge in [-0.15, -0.1) is 0 Å². The molecule has 1 amide bonds. The maximum Gasteiger partial charge on any atom is 0.293 e. The van der Waals surface area contributed by atoms with Crippen molar-refractivity contribution in [1.29, 1.82) is 0 Å². The first-order valence-corrected chi connectivity index (χ1v) is 4.79. The van der Waals surface area contributed by atoms with E-state index < -0.39 is 10.8 Å². The van der Waals surface area contributed by atoms with Gasteiger partial charge < -0.3 is 5.32 Å². The van der Waals surface area contributed by atoms with Gasteiger partial charge in [-0.2, -0.15) is 0 Å². The zero-order chi connectivity index (χ0) is 13.0. The Hall–Kier alpha value is -2.15. The second-order valence-electron chi connectivity index (χ2n) is 3.22. The van der Waals surface area contributed by atoms with E-state index in [0.29, 0.717) is 5.69 Å². The Labute approximate surface area is 98.1 Å². The third kappa shape index (κ3) is 2.70. The number of hydrogen-bond donors (Lipinski definition) is 1. The molecular formula is C10H13N3O4. The standard InChI is InChI=1S/C10H13N3O4/c1-11-8-5-4-7(6-9(8)13(15)16)10(14)12(2)17-3/h4-6,11H,1-3H3. The third-order valence-electron chi connectivity index (χ3n) is 2.27. The van der Waals surface area contributed by atoms with Gasteiger partial charge in [0.2, 0.25) is 0 Å². The average Bonchev–Trinajstić information content (AvgIpc) is 2.35. The first kappa shape index (κ1) is 12.9. The van der Waals surface area contributed by atoms with E-state index in [0.717, 1.165) is 5.06 Å². The number of carbonyl (C=O) groups excluding carboxylic acids is 1. The minimum atomic E-state index is -0.546. The molecule has 17 heavy (non-hydrogen) atoms. The summed E-state index contributed by atoms with van der Waals surface area (Å²) in [6.07, 6.45) is 0. The van der Waals surface area contributed by atoms with Crippen LogP contribution in [0.25, 0.3) is 0 Å². The lowest BCUT2D eigenvalue weighted by atomic mass is 10.1. The number of anilines is 1. The van der Waals surface area contributed by atoms with Gasteiger partial charge in [0.25, 0.3) is 11.6 Å². The largest absolute Gasteiger partial charge is 0.383 e. The van der Waals surface area contributed by atoms with E-state index in [-0.39, 0.29) is 11.3 Å². The molecule has 0 bridgehead atoms. The van der Waals surface area contributed by atoms with Crippen LogP contribution in [0.3, 0.4) is 0 Å². The van der Waals surface area contributed by atoms with E-state index in [1.54, 1.807) is 7.05 Å². The van der Waals surface area contributed by atoms with Crippen LogP contribution < -0.4 is 5.32 Å². The highest BCUT2D eigenvalue weighted by atomic mass is 16.7. The van der Waals surface area contributed by atoms with E-state index in [1.807, 2.05) is 0 Å². The van der Waals surface area contributed by atoms with Crippen LogP contribution in [0.2, 0.25) is 0 Å². The van der Waals surface area contributed by atoms with Crippen molar-refractivity contribution in [1.82, 2.24) is 5.06 Å². The van der Waals surface area contributed by atoms with Gasteiger partial charge in [-0.05, 0) is 12.1 Å². The number of hydrogen-bond acceptors (Lipinski definition) is 5.